The second-order valence-corrected chi connectivity index (χ2v) is 5.66. The van der Waals surface area contributed by atoms with Crippen LogP contribution < -0.4 is 5.32 Å². The third-order valence-electron chi connectivity index (χ3n) is 3.23. The molecule has 1 heterocycles. The number of urea groups is 1. The molecule has 7 heteroatoms. The quantitative estimate of drug-likeness (QED) is 0.783. The molecule has 3 N–H and O–H groups in total. The number of amides is 2. The van der Waals surface area contributed by atoms with E-state index in [4.69, 9.17) is 10.2 Å². The van der Waals surface area contributed by atoms with Crippen molar-refractivity contribution in [3.63, 3.8) is 0 Å². The van der Waals surface area contributed by atoms with Crippen LogP contribution in [0.1, 0.15) is 16.8 Å². The molecular formula is C13H15BrN2O4. The van der Waals surface area contributed by atoms with E-state index in [0.29, 0.717) is 23.2 Å². The van der Waals surface area contributed by atoms with Gasteiger partial charge in [0, 0.05) is 35.8 Å². The number of benzene rings is 1. The number of aromatic carboxylic acids is 1. The minimum Gasteiger partial charge on any atom is -0.478 e. The van der Waals surface area contributed by atoms with Crippen LogP contribution in [0.25, 0.3) is 0 Å². The van der Waals surface area contributed by atoms with Crippen molar-refractivity contribution in [1.29, 1.82) is 0 Å². The van der Waals surface area contributed by atoms with Gasteiger partial charge in [-0.25, -0.2) is 9.59 Å². The molecule has 108 valence electrons. The molecule has 1 aliphatic rings. The molecule has 0 saturated carbocycles. The van der Waals surface area contributed by atoms with Gasteiger partial charge in [0.1, 0.15) is 0 Å². The van der Waals surface area contributed by atoms with E-state index in [-0.39, 0.29) is 24.1 Å². The molecule has 1 unspecified atom stereocenters. The first kappa shape index (κ1) is 14.8. The summed E-state index contributed by atoms with van der Waals surface area (Å²) in [4.78, 5) is 24.6. The Morgan fingerprint density at radius 1 is 1.40 bits per heavy atom. The zero-order valence-electron chi connectivity index (χ0n) is 10.7. The first-order valence-corrected chi connectivity index (χ1v) is 6.99. The Labute approximate surface area is 124 Å². The van der Waals surface area contributed by atoms with Gasteiger partial charge in [0.05, 0.1) is 5.56 Å². The molecule has 1 aromatic rings. The molecule has 0 spiro atoms. The summed E-state index contributed by atoms with van der Waals surface area (Å²) in [6, 6.07) is 4.24. The minimum absolute atomic E-state index is 0.0732. The summed E-state index contributed by atoms with van der Waals surface area (Å²) in [5.41, 5.74) is 0.526. The second-order valence-electron chi connectivity index (χ2n) is 4.75. The fraction of sp³-hybridized carbons (Fsp3) is 0.385. The lowest BCUT2D eigenvalue weighted by Crippen LogP contribution is -2.33. The molecule has 1 fully saturated rings. The highest BCUT2D eigenvalue weighted by Gasteiger charge is 2.25. The molecular weight excluding hydrogens is 328 g/mol. The highest BCUT2D eigenvalue weighted by molar-refractivity contribution is 9.10. The maximum Gasteiger partial charge on any atom is 0.335 e. The van der Waals surface area contributed by atoms with E-state index >= 15 is 0 Å². The third kappa shape index (κ3) is 3.49. The van der Waals surface area contributed by atoms with Crippen molar-refractivity contribution in [2.75, 3.05) is 25.0 Å². The van der Waals surface area contributed by atoms with Crippen LogP contribution in [0.4, 0.5) is 10.5 Å². The maximum absolute atomic E-state index is 12.0. The van der Waals surface area contributed by atoms with Crippen LogP contribution in [0, 0.1) is 5.92 Å². The summed E-state index contributed by atoms with van der Waals surface area (Å²) < 4.78 is 0.586. The van der Waals surface area contributed by atoms with Gasteiger partial charge in [0.2, 0.25) is 0 Å². The number of anilines is 1. The van der Waals surface area contributed by atoms with Crippen LogP contribution in [0.2, 0.25) is 0 Å². The van der Waals surface area contributed by atoms with Gasteiger partial charge in [-0.2, -0.15) is 0 Å². The molecule has 2 amide bonds. The van der Waals surface area contributed by atoms with E-state index in [1.54, 1.807) is 11.0 Å². The van der Waals surface area contributed by atoms with Crippen LogP contribution in [0.3, 0.4) is 0 Å². The summed E-state index contributed by atoms with van der Waals surface area (Å²) in [6.45, 7) is 1.18. The molecule has 1 atom stereocenters. The number of nitrogens with one attached hydrogen (secondary N) is 1. The summed E-state index contributed by atoms with van der Waals surface area (Å²) in [6.07, 6.45) is 0.781. The predicted octanol–water partition coefficient (Wildman–Crippen LogP) is 1.99. The van der Waals surface area contributed by atoms with Crippen LogP contribution in [-0.2, 0) is 0 Å². The molecule has 0 aromatic heterocycles. The van der Waals surface area contributed by atoms with Gasteiger partial charge in [-0.1, -0.05) is 15.9 Å². The van der Waals surface area contributed by atoms with Crippen molar-refractivity contribution in [1.82, 2.24) is 4.90 Å². The SMILES string of the molecule is O=C(O)c1cc(Br)cc(NC(=O)N2CCC(CO)C2)c1. The molecule has 1 saturated heterocycles. The molecule has 1 aliphatic heterocycles. The fourth-order valence-corrected chi connectivity index (χ4v) is 2.65. The number of aliphatic hydroxyl groups is 1. The Bertz CT molecular complexity index is 535. The molecule has 0 radical (unpaired) electrons. The average molecular weight is 343 g/mol. The number of hydrogen-bond acceptors (Lipinski definition) is 3. The Morgan fingerprint density at radius 3 is 2.75 bits per heavy atom. The normalized spacial score (nSPS) is 18.1. The van der Waals surface area contributed by atoms with Crippen LogP contribution >= 0.6 is 15.9 Å². The van der Waals surface area contributed by atoms with Gasteiger partial charge in [-0.15, -0.1) is 0 Å². The van der Waals surface area contributed by atoms with E-state index in [1.165, 1.54) is 12.1 Å². The number of hydrogen-bond donors (Lipinski definition) is 3. The fourth-order valence-electron chi connectivity index (χ4n) is 2.15. The van der Waals surface area contributed by atoms with Crippen molar-refractivity contribution in [2.24, 2.45) is 5.92 Å². The van der Waals surface area contributed by atoms with Crippen LogP contribution in [0.15, 0.2) is 22.7 Å². The van der Waals surface area contributed by atoms with Gasteiger partial charge in [-0.3, -0.25) is 0 Å². The van der Waals surface area contributed by atoms with Crippen molar-refractivity contribution in [2.45, 2.75) is 6.42 Å². The Hall–Kier alpha value is -1.60. The molecule has 0 bridgehead atoms. The van der Waals surface area contributed by atoms with E-state index in [9.17, 15) is 9.59 Å². The zero-order valence-corrected chi connectivity index (χ0v) is 12.3. The van der Waals surface area contributed by atoms with Crippen LogP contribution in [-0.4, -0.2) is 46.8 Å². The van der Waals surface area contributed by atoms with Crippen LogP contribution in [0.5, 0.6) is 0 Å². The summed E-state index contributed by atoms with van der Waals surface area (Å²) in [5.74, 6) is -0.929. The Morgan fingerprint density at radius 2 is 2.15 bits per heavy atom. The molecule has 20 heavy (non-hydrogen) atoms. The van der Waals surface area contributed by atoms with Gasteiger partial charge in [0.25, 0.3) is 0 Å². The Balaban J connectivity index is 2.06. The monoisotopic (exact) mass is 342 g/mol. The smallest absolute Gasteiger partial charge is 0.335 e. The number of rotatable bonds is 3. The van der Waals surface area contributed by atoms with E-state index in [2.05, 4.69) is 21.2 Å². The van der Waals surface area contributed by atoms with Crippen molar-refractivity contribution in [3.8, 4) is 0 Å². The number of carboxylic acid groups (broad SMARTS) is 1. The van der Waals surface area contributed by atoms with Crippen molar-refractivity contribution >= 4 is 33.6 Å². The lowest BCUT2D eigenvalue weighted by molar-refractivity contribution is 0.0696. The summed E-state index contributed by atoms with van der Waals surface area (Å²) in [7, 11) is 0. The number of carboxylic acids is 1. The minimum atomic E-state index is -1.05. The van der Waals surface area contributed by atoms with E-state index in [1.807, 2.05) is 0 Å². The standard InChI is InChI=1S/C13H15BrN2O4/c14-10-3-9(12(18)19)4-11(5-10)15-13(20)16-2-1-8(6-16)7-17/h3-5,8,17H,1-2,6-7H2,(H,15,20)(H,18,19). The highest BCUT2D eigenvalue weighted by atomic mass is 79.9. The Kier molecular flexibility index (Phi) is 4.61. The topological polar surface area (TPSA) is 89.9 Å². The lowest BCUT2D eigenvalue weighted by atomic mass is 10.1. The largest absolute Gasteiger partial charge is 0.478 e. The number of carbonyl (C=O) groups excluding carboxylic acids is 1. The second kappa shape index (κ2) is 6.23. The van der Waals surface area contributed by atoms with E-state index < -0.39 is 5.97 Å². The zero-order chi connectivity index (χ0) is 14.7. The van der Waals surface area contributed by atoms with Gasteiger partial charge in [-0.05, 0) is 24.6 Å². The van der Waals surface area contributed by atoms with Gasteiger partial charge in [0.15, 0.2) is 0 Å². The number of halogens is 1. The van der Waals surface area contributed by atoms with E-state index in [0.717, 1.165) is 6.42 Å². The number of likely N-dealkylation sites (tertiary alicyclic amines) is 1. The maximum atomic E-state index is 12.0. The van der Waals surface area contributed by atoms with Gasteiger partial charge < -0.3 is 20.4 Å². The van der Waals surface area contributed by atoms with Crippen molar-refractivity contribution < 1.29 is 19.8 Å². The number of carbonyl (C=O) groups is 2. The third-order valence-corrected chi connectivity index (χ3v) is 3.69. The summed E-state index contributed by atoms with van der Waals surface area (Å²) >= 11 is 3.21. The number of nitrogens with zero attached hydrogens (tertiary/aromatic N) is 1. The molecule has 1 aromatic carbocycles. The average Bonchev–Trinajstić information content (AvgIpc) is 2.86. The predicted molar refractivity (Wildman–Crippen MR) is 76.9 cm³/mol. The molecule has 0 aliphatic carbocycles. The molecule has 6 nitrogen and oxygen atoms in total. The number of aliphatic hydroxyl groups excluding tert-OH is 1. The molecule has 2 rings (SSSR count). The van der Waals surface area contributed by atoms with Crippen molar-refractivity contribution in [3.05, 3.63) is 28.2 Å². The lowest BCUT2D eigenvalue weighted by Gasteiger charge is -2.17. The first-order valence-electron chi connectivity index (χ1n) is 6.20. The van der Waals surface area contributed by atoms with Gasteiger partial charge >= 0.3 is 12.0 Å². The highest BCUT2D eigenvalue weighted by Crippen LogP contribution is 2.21. The summed E-state index contributed by atoms with van der Waals surface area (Å²) in [5, 5.41) is 20.7. The first-order chi connectivity index (χ1) is 9.49.